The highest BCUT2D eigenvalue weighted by Gasteiger charge is 1.84. The molecular formula is C2H2N5Si. The predicted molar refractivity (Wildman–Crippen MR) is 29.7 cm³/mol. The van der Waals surface area contributed by atoms with Crippen LogP contribution >= 0.6 is 0 Å². The van der Waals surface area contributed by atoms with Crippen molar-refractivity contribution in [1.82, 2.24) is 5.53 Å². The van der Waals surface area contributed by atoms with E-state index in [1.54, 1.807) is 0 Å². The maximum atomic E-state index is 3.54. The highest BCUT2D eigenvalue weighted by atomic mass is 28.1. The predicted octanol–water partition coefficient (Wildman–Crippen LogP) is -0.575. The largest absolute Gasteiger partial charge is 0.178 e. The van der Waals surface area contributed by atoms with Crippen molar-refractivity contribution in [2.24, 2.45) is 20.6 Å². The van der Waals surface area contributed by atoms with Crippen LogP contribution < -0.4 is 5.53 Å². The number of nitrogens with one attached hydrogen (secondary N) is 1. The van der Waals surface area contributed by atoms with Crippen molar-refractivity contribution in [3.05, 3.63) is 0 Å². The van der Waals surface area contributed by atoms with E-state index in [2.05, 4.69) is 36.4 Å². The summed E-state index contributed by atoms with van der Waals surface area (Å²) in [5, 5.41) is 14.1. The fourth-order valence-corrected chi connectivity index (χ4v) is 0.341. The van der Waals surface area contributed by atoms with E-state index in [9.17, 15) is 0 Å². The van der Waals surface area contributed by atoms with Gasteiger partial charge in [-0.2, -0.15) is 10.6 Å². The van der Waals surface area contributed by atoms with Gasteiger partial charge < -0.3 is 0 Å². The molecule has 0 unspecified atom stereocenters. The first-order valence-corrected chi connectivity index (χ1v) is 2.37. The van der Waals surface area contributed by atoms with Gasteiger partial charge >= 0.3 is 0 Å². The van der Waals surface area contributed by atoms with Crippen LogP contribution in [0.5, 0.6) is 0 Å². The first-order valence-electron chi connectivity index (χ1n) is 1.87. The van der Waals surface area contributed by atoms with Crippen LogP contribution in [0.2, 0.25) is 0 Å². The van der Waals surface area contributed by atoms with Gasteiger partial charge in [-0.25, -0.2) is 0 Å². The Morgan fingerprint density at radius 3 is 3.38 bits per heavy atom. The molecule has 0 saturated heterocycles. The fraction of sp³-hybridized carbons (Fsp3) is 0. The summed E-state index contributed by atoms with van der Waals surface area (Å²) in [6.07, 6.45) is 1.46. The highest BCUT2D eigenvalue weighted by molar-refractivity contribution is 6.75. The summed E-state index contributed by atoms with van der Waals surface area (Å²) in [7, 11) is 3.09. The second-order valence-electron chi connectivity index (χ2n) is 1.03. The van der Waals surface area contributed by atoms with Crippen LogP contribution in [0.25, 0.3) is 0 Å². The maximum absolute atomic E-state index is 3.54. The van der Waals surface area contributed by atoms with Gasteiger partial charge in [0, 0.05) is 0 Å². The molecule has 3 radical (unpaired) electrons. The lowest BCUT2D eigenvalue weighted by molar-refractivity contribution is 0.733. The summed E-state index contributed by atoms with van der Waals surface area (Å²) in [5.74, 6) is 0. The Labute approximate surface area is 49.0 Å². The molecule has 8 heavy (non-hydrogen) atoms. The summed E-state index contributed by atoms with van der Waals surface area (Å²) >= 11 is 0. The molecule has 0 saturated carbocycles. The van der Waals surface area contributed by atoms with Gasteiger partial charge in [-0.3, -0.25) is 0 Å². The van der Waals surface area contributed by atoms with Crippen LogP contribution in [-0.2, 0) is 0 Å². The van der Waals surface area contributed by atoms with Crippen molar-refractivity contribution in [2.75, 3.05) is 0 Å². The van der Waals surface area contributed by atoms with Gasteiger partial charge in [-0.05, 0) is 10.4 Å². The minimum Gasteiger partial charge on any atom is -0.178 e. The van der Waals surface area contributed by atoms with E-state index in [0.717, 1.165) is 0 Å². The lowest BCUT2D eigenvalue weighted by Crippen LogP contribution is -1.98. The molecule has 0 fully saturated rings. The average Bonchev–Trinajstić information content (AvgIpc) is 1.94. The molecule has 0 aromatic carbocycles. The summed E-state index contributed by atoms with van der Waals surface area (Å²) in [6.45, 7) is 0. The zero-order valence-corrected chi connectivity index (χ0v) is 4.87. The van der Waals surface area contributed by atoms with Crippen LogP contribution in [0.4, 0.5) is 0 Å². The normalized spacial score (nSPS) is 16.9. The van der Waals surface area contributed by atoms with Gasteiger partial charge in [0.05, 0.1) is 11.5 Å². The van der Waals surface area contributed by atoms with E-state index >= 15 is 0 Å². The van der Waals surface area contributed by atoms with Crippen LogP contribution in [0.15, 0.2) is 20.6 Å². The summed E-state index contributed by atoms with van der Waals surface area (Å²) in [6, 6.07) is 0. The molecule has 1 heterocycles. The van der Waals surface area contributed by atoms with E-state index in [4.69, 9.17) is 0 Å². The summed E-state index contributed by atoms with van der Waals surface area (Å²) in [5.41, 5.74) is 2.26. The first kappa shape index (κ1) is 5.10. The zero-order chi connectivity index (χ0) is 5.82. The van der Waals surface area contributed by atoms with E-state index in [1.165, 1.54) is 6.21 Å². The number of nitrogens with zero attached hydrogens (tertiary/aromatic N) is 4. The molecule has 0 amide bonds. The van der Waals surface area contributed by atoms with Crippen molar-refractivity contribution < 1.29 is 0 Å². The third kappa shape index (κ3) is 1.23. The molecule has 1 N–H and O–H groups in total. The Hall–Kier alpha value is -1.04. The Balaban J connectivity index is 2.73. The minimum absolute atomic E-state index is 0.541. The van der Waals surface area contributed by atoms with Gasteiger partial charge in [0.1, 0.15) is 10.2 Å². The molecule has 0 atom stereocenters. The second kappa shape index (κ2) is 2.31. The smallest absolute Gasteiger partial charge is 0.105 e. The molecule has 1 aliphatic heterocycles. The molecule has 0 aromatic heterocycles. The van der Waals surface area contributed by atoms with Crippen molar-refractivity contribution >= 4 is 21.8 Å². The van der Waals surface area contributed by atoms with Crippen LogP contribution in [-0.4, -0.2) is 21.8 Å². The molecule has 0 aromatic rings. The Bertz CT molecular complexity index is 158. The molecule has 6 heteroatoms. The lowest BCUT2D eigenvalue weighted by Gasteiger charge is -1.77. The van der Waals surface area contributed by atoms with E-state index in [0.29, 0.717) is 5.33 Å². The van der Waals surface area contributed by atoms with Gasteiger partial charge in [0.2, 0.25) is 0 Å². The van der Waals surface area contributed by atoms with Gasteiger partial charge in [0.15, 0.2) is 0 Å². The lowest BCUT2D eigenvalue weighted by atomic mass is 10.8. The molecule has 0 spiro atoms. The third-order valence-corrected chi connectivity index (χ3v) is 0.716. The topological polar surface area (TPSA) is 61.5 Å². The van der Waals surface area contributed by atoms with Crippen LogP contribution in [0, 0.1) is 0 Å². The van der Waals surface area contributed by atoms with Crippen molar-refractivity contribution in [1.29, 1.82) is 0 Å². The van der Waals surface area contributed by atoms with E-state index in [1.807, 2.05) is 0 Å². The minimum atomic E-state index is 0.541. The van der Waals surface area contributed by atoms with Gasteiger partial charge in [0.25, 0.3) is 0 Å². The zero-order valence-electron chi connectivity index (χ0n) is 3.87. The van der Waals surface area contributed by atoms with Crippen molar-refractivity contribution in [3.8, 4) is 0 Å². The Kier molecular flexibility index (Phi) is 1.47. The number of hydrazone groups is 1. The molecule has 0 bridgehead atoms. The van der Waals surface area contributed by atoms with Crippen molar-refractivity contribution in [3.63, 3.8) is 0 Å². The molecule has 5 nitrogen and oxygen atoms in total. The highest BCUT2D eigenvalue weighted by Crippen LogP contribution is 1.78. The Morgan fingerprint density at radius 2 is 2.50 bits per heavy atom. The quantitative estimate of drug-likeness (QED) is 0.432. The van der Waals surface area contributed by atoms with Gasteiger partial charge in [-0.1, -0.05) is 0 Å². The van der Waals surface area contributed by atoms with E-state index < -0.39 is 0 Å². The second-order valence-corrected chi connectivity index (χ2v) is 1.55. The molecular weight excluding hydrogens is 122 g/mol. The molecule has 39 valence electrons. The van der Waals surface area contributed by atoms with Crippen molar-refractivity contribution in [2.45, 2.75) is 0 Å². The third-order valence-electron chi connectivity index (χ3n) is 0.486. The Morgan fingerprint density at radius 1 is 1.62 bits per heavy atom. The van der Waals surface area contributed by atoms with Gasteiger partial charge in [-0.15, -0.1) is 5.10 Å². The molecule has 1 aliphatic rings. The maximum Gasteiger partial charge on any atom is 0.105 e. The number of rotatable bonds is 0. The fourth-order valence-electron chi connectivity index (χ4n) is 0.232. The molecule has 1 rings (SSSR count). The summed E-state index contributed by atoms with van der Waals surface area (Å²) < 4.78 is 0. The molecule has 0 aliphatic carbocycles. The summed E-state index contributed by atoms with van der Waals surface area (Å²) in [4.78, 5) is 0. The van der Waals surface area contributed by atoms with Crippen LogP contribution in [0.3, 0.4) is 0 Å². The average molecular weight is 124 g/mol. The number of hydrogen-bond acceptors (Lipinski definition) is 5. The first-order chi connectivity index (χ1) is 3.89. The monoisotopic (exact) mass is 124 g/mol. The van der Waals surface area contributed by atoms with E-state index in [-0.39, 0.29) is 0 Å². The standard InChI is InChI=1S/C2H2N5Si/c8-2-1-3-5-7-6-4-2/h1H,(H,5,6). The van der Waals surface area contributed by atoms with Crippen LogP contribution in [0.1, 0.15) is 0 Å². The number of hydrogen-bond donors (Lipinski definition) is 1. The SMILES string of the molecule is [Si]C1=NN=NNN=C1.